The predicted octanol–water partition coefficient (Wildman–Crippen LogP) is 5.16. The van der Waals surface area contributed by atoms with Crippen molar-refractivity contribution in [3.8, 4) is 0 Å². The third-order valence-corrected chi connectivity index (χ3v) is 7.14. The van der Waals surface area contributed by atoms with Gasteiger partial charge in [-0.25, -0.2) is 0 Å². The summed E-state index contributed by atoms with van der Waals surface area (Å²) in [6.07, 6.45) is 8.11. The highest BCUT2D eigenvalue weighted by atomic mass is 35.5. The molecule has 1 aromatic carbocycles. The first kappa shape index (κ1) is 22.1. The fraction of sp³-hybridized carbons (Fsp3) is 0.667. The predicted molar refractivity (Wildman–Crippen MR) is 118 cm³/mol. The number of halogens is 1. The summed E-state index contributed by atoms with van der Waals surface area (Å²) in [5, 5.41) is 3.85. The molecule has 5 heteroatoms. The van der Waals surface area contributed by atoms with Crippen LogP contribution in [-0.4, -0.2) is 35.8 Å². The summed E-state index contributed by atoms with van der Waals surface area (Å²) in [5.74, 6) is 1.25. The van der Waals surface area contributed by atoms with Gasteiger partial charge in [-0.1, -0.05) is 56.8 Å². The van der Waals surface area contributed by atoms with Crippen LogP contribution in [0.1, 0.15) is 76.7 Å². The van der Waals surface area contributed by atoms with Crippen LogP contribution >= 0.6 is 11.6 Å². The van der Waals surface area contributed by atoms with Gasteiger partial charge in [0.05, 0.1) is 0 Å². The second kappa shape index (κ2) is 10.5. The average Bonchev–Trinajstić information content (AvgIpc) is 3.24. The summed E-state index contributed by atoms with van der Waals surface area (Å²) in [6.45, 7) is 5.65. The molecule has 0 spiro atoms. The van der Waals surface area contributed by atoms with Gasteiger partial charge in [0.15, 0.2) is 0 Å². The monoisotopic (exact) mass is 418 g/mol. The molecule has 0 aromatic heterocycles. The molecule has 4 nitrogen and oxygen atoms in total. The van der Waals surface area contributed by atoms with Crippen molar-refractivity contribution in [1.29, 1.82) is 0 Å². The van der Waals surface area contributed by atoms with E-state index in [1.165, 1.54) is 18.4 Å². The Morgan fingerprint density at radius 3 is 2.31 bits per heavy atom. The molecule has 2 amide bonds. The van der Waals surface area contributed by atoms with Gasteiger partial charge in [0.25, 0.3) is 0 Å². The van der Waals surface area contributed by atoms with Crippen molar-refractivity contribution in [2.45, 2.75) is 77.2 Å². The molecular weight excluding hydrogens is 384 g/mol. The van der Waals surface area contributed by atoms with Crippen LogP contribution in [0.2, 0.25) is 5.02 Å². The third kappa shape index (κ3) is 5.97. The Morgan fingerprint density at radius 2 is 1.72 bits per heavy atom. The molecule has 1 saturated carbocycles. The quantitative estimate of drug-likeness (QED) is 0.665. The van der Waals surface area contributed by atoms with E-state index in [2.05, 4.69) is 31.3 Å². The van der Waals surface area contributed by atoms with Crippen molar-refractivity contribution < 1.29 is 9.59 Å². The first-order chi connectivity index (χ1) is 14.0. The lowest BCUT2D eigenvalue weighted by Gasteiger charge is -2.36. The number of hydrogen-bond donors (Lipinski definition) is 1. The molecule has 0 bridgehead atoms. The highest BCUT2D eigenvalue weighted by Crippen LogP contribution is 2.30. The zero-order valence-electron chi connectivity index (χ0n) is 17.8. The molecule has 3 rings (SSSR count). The third-order valence-electron chi connectivity index (χ3n) is 6.89. The number of amides is 2. The molecule has 1 N–H and O–H groups in total. The highest BCUT2D eigenvalue weighted by Gasteiger charge is 2.33. The van der Waals surface area contributed by atoms with E-state index >= 15 is 0 Å². The van der Waals surface area contributed by atoms with E-state index in [0.717, 1.165) is 50.2 Å². The van der Waals surface area contributed by atoms with Crippen molar-refractivity contribution in [3.05, 3.63) is 34.9 Å². The highest BCUT2D eigenvalue weighted by molar-refractivity contribution is 6.30. The van der Waals surface area contributed by atoms with Crippen LogP contribution in [0.25, 0.3) is 0 Å². The molecule has 1 heterocycles. The van der Waals surface area contributed by atoms with Crippen LogP contribution in [0.5, 0.6) is 0 Å². The number of carbonyl (C=O) groups is 2. The van der Waals surface area contributed by atoms with Crippen molar-refractivity contribution in [2.24, 2.45) is 11.8 Å². The molecular formula is C24H35ClN2O2. The van der Waals surface area contributed by atoms with Crippen LogP contribution in [0.3, 0.4) is 0 Å². The summed E-state index contributed by atoms with van der Waals surface area (Å²) in [6, 6.07) is 7.66. The number of likely N-dealkylation sites (tertiary alicyclic amines) is 1. The van der Waals surface area contributed by atoms with Crippen LogP contribution in [0.15, 0.2) is 24.3 Å². The molecule has 0 unspecified atom stereocenters. The van der Waals surface area contributed by atoms with Crippen molar-refractivity contribution in [1.82, 2.24) is 10.2 Å². The Balaban J connectivity index is 1.56. The second-order valence-electron chi connectivity index (χ2n) is 8.94. The molecule has 2 fully saturated rings. The van der Waals surface area contributed by atoms with Crippen molar-refractivity contribution in [3.63, 3.8) is 0 Å². The molecule has 29 heavy (non-hydrogen) atoms. The maximum Gasteiger partial charge on any atom is 0.245 e. The van der Waals surface area contributed by atoms with Crippen molar-refractivity contribution >= 4 is 23.4 Å². The van der Waals surface area contributed by atoms with Gasteiger partial charge in [0, 0.05) is 24.5 Å². The normalized spacial score (nSPS) is 20.4. The van der Waals surface area contributed by atoms with E-state index in [1.807, 2.05) is 17.0 Å². The fourth-order valence-electron chi connectivity index (χ4n) is 4.76. The van der Waals surface area contributed by atoms with E-state index in [1.54, 1.807) is 0 Å². The molecule has 1 aromatic rings. The molecule has 1 aliphatic carbocycles. The number of rotatable bonds is 7. The first-order valence-corrected chi connectivity index (χ1v) is 11.7. The Labute approximate surface area is 180 Å². The van der Waals surface area contributed by atoms with Crippen molar-refractivity contribution in [2.75, 3.05) is 13.1 Å². The molecule has 0 radical (unpaired) electrons. The van der Waals surface area contributed by atoms with Gasteiger partial charge in [-0.2, -0.15) is 0 Å². The van der Waals surface area contributed by atoms with Gasteiger partial charge >= 0.3 is 0 Å². The number of nitrogens with zero attached hydrogens (tertiary/aromatic N) is 1. The Kier molecular flexibility index (Phi) is 7.99. The lowest BCUT2D eigenvalue weighted by molar-refractivity contribution is -0.139. The topological polar surface area (TPSA) is 49.4 Å². The molecule has 2 atom stereocenters. The van der Waals surface area contributed by atoms with Gasteiger partial charge in [0.2, 0.25) is 11.8 Å². The van der Waals surface area contributed by atoms with Crippen LogP contribution in [-0.2, 0) is 9.59 Å². The van der Waals surface area contributed by atoms with Gasteiger partial charge in [-0.05, 0) is 61.1 Å². The Morgan fingerprint density at radius 1 is 1.10 bits per heavy atom. The lowest BCUT2D eigenvalue weighted by Crippen LogP contribution is -2.53. The summed E-state index contributed by atoms with van der Waals surface area (Å²) in [4.78, 5) is 27.8. The van der Waals surface area contributed by atoms with Crippen LogP contribution in [0, 0.1) is 11.8 Å². The summed E-state index contributed by atoms with van der Waals surface area (Å²) in [7, 11) is 0. The zero-order chi connectivity index (χ0) is 20.8. The number of carbonyl (C=O) groups excluding carboxylic acids is 2. The maximum atomic E-state index is 13.3. The minimum atomic E-state index is -0.402. The minimum absolute atomic E-state index is 0.0478. The van der Waals surface area contributed by atoms with Crippen LogP contribution in [0.4, 0.5) is 0 Å². The Hall–Kier alpha value is -1.55. The fourth-order valence-corrected chi connectivity index (χ4v) is 4.88. The SMILES string of the molecule is CC[C@@H](C)[C@@H](NC(=O)CC1CCCC1)C(=O)N1CCC(c2ccc(Cl)cc2)CC1. The van der Waals surface area contributed by atoms with Gasteiger partial charge < -0.3 is 10.2 Å². The number of nitrogens with one attached hydrogen (secondary N) is 1. The smallest absolute Gasteiger partial charge is 0.245 e. The van der Waals surface area contributed by atoms with E-state index in [0.29, 0.717) is 18.3 Å². The lowest BCUT2D eigenvalue weighted by atomic mass is 9.88. The van der Waals surface area contributed by atoms with Crippen LogP contribution < -0.4 is 5.32 Å². The largest absolute Gasteiger partial charge is 0.344 e. The number of piperidine rings is 1. The molecule has 160 valence electrons. The van der Waals surface area contributed by atoms with Gasteiger partial charge in [-0.15, -0.1) is 0 Å². The van der Waals surface area contributed by atoms with E-state index in [9.17, 15) is 9.59 Å². The second-order valence-corrected chi connectivity index (χ2v) is 9.37. The molecule has 1 saturated heterocycles. The minimum Gasteiger partial charge on any atom is -0.344 e. The average molecular weight is 419 g/mol. The summed E-state index contributed by atoms with van der Waals surface area (Å²) in [5.41, 5.74) is 1.30. The van der Waals surface area contributed by atoms with Gasteiger partial charge in [0.1, 0.15) is 6.04 Å². The summed E-state index contributed by atoms with van der Waals surface area (Å²) < 4.78 is 0. The zero-order valence-corrected chi connectivity index (χ0v) is 18.6. The Bertz CT molecular complexity index is 677. The molecule has 1 aliphatic heterocycles. The first-order valence-electron chi connectivity index (χ1n) is 11.3. The van der Waals surface area contributed by atoms with E-state index in [-0.39, 0.29) is 17.7 Å². The summed E-state index contributed by atoms with van der Waals surface area (Å²) >= 11 is 6.00. The molecule has 2 aliphatic rings. The van der Waals surface area contributed by atoms with E-state index < -0.39 is 6.04 Å². The number of hydrogen-bond acceptors (Lipinski definition) is 2. The number of benzene rings is 1. The van der Waals surface area contributed by atoms with Gasteiger partial charge in [-0.3, -0.25) is 9.59 Å². The standard InChI is InChI=1S/C24H35ClN2O2/c1-3-17(2)23(26-22(28)16-18-6-4-5-7-18)24(29)27-14-12-20(13-15-27)19-8-10-21(25)11-9-19/h8-11,17-18,20,23H,3-7,12-16H2,1-2H3,(H,26,28)/t17-,23-/m1/s1. The maximum absolute atomic E-state index is 13.3. The van der Waals surface area contributed by atoms with E-state index in [4.69, 9.17) is 11.6 Å².